The number of halogens is 1. The Bertz CT molecular complexity index is 708. The van der Waals surface area contributed by atoms with Gasteiger partial charge in [-0.2, -0.15) is 0 Å². The minimum absolute atomic E-state index is 0.320. The fraction of sp³-hybridized carbons (Fsp3) is 0.500. The van der Waals surface area contributed by atoms with Crippen LogP contribution in [0.4, 0.5) is 4.39 Å². The molecule has 2 aromatic carbocycles. The Balaban J connectivity index is 2.40. The maximum absolute atomic E-state index is 15.7. The summed E-state index contributed by atoms with van der Waals surface area (Å²) in [6.45, 7) is 14.9. The molecule has 0 aliphatic heterocycles. The van der Waals surface area contributed by atoms with Crippen molar-refractivity contribution < 1.29 is 4.39 Å². The molecule has 136 valence electrons. The second-order valence-electron chi connectivity index (χ2n) is 8.39. The molecule has 0 radical (unpaired) electrons. The fourth-order valence-corrected chi connectivity index (χ4v) is 3.71. The van der Waals surface area contributed by atoms with Crippen molar-refractivity contribution in [1.29, 1.82) is 0 Å². The van der Waals surface area contributed by atoms with Crippen molar-refractivity contribution in [2.45, 2.75) is 78.3 Å². The van der Waals surface area contributed by atoms with Crippen molar-refractivity contribution in [2.75, 3.05) is 0 Å². The van der Waals surface area contributed by atoms with Gasteiger partial charge in [0.2, 0.25) is 0 Å². The van der Waals surface area contributed by atoms with Crippen LogP contribution in [0.5, 0.6) is 0 Å². The zero-order valence-corrected chi connectivity index (χ0v) is 16.9. The van der Waals surface area contributed by atoms with Crippen LogP contribution in [-0.2, 0) is 12.1 Å². The van der Waals surface area contributed by atoms with Crippen molar-refractivity contribution in [1.82, 2.24) is 0 Å². The maximum atomic E-state index is 15.7. The van der Waals surface area contributed by atoms with Crippen LogP contribution in [0.3, 0.4) is 0 Å². The van der Waals surface area contributed by atoms with Crippen LogP contribution in [-0.4, -0.2) is 0 Å². The van der Waals surface area contributed by atoms with E-state index in [1.165, 1.54) is 11.1 Å². The molecule has 0 fully saturated rings. The van der Waals surface area contributed by atoms with E-state index in [0.29, 0.717) is 24.2 Å². The highest BCUT2D eigenvalue weighted by atomic mass is 19.1. The van der Waals surface area contributed by atoms with Crippen LogP contribution in [0.2, 0.25) is 0 Å². The molecule has 0 aliphatic rings. The number of rotatable bonds is 6. The highest BCUT2D eigenvalue weighted by Crippen LogP contribution is 2.36. The summed E-state index contributed by atoms with van der Waals surface area (Å²) in [7, 11) is 0. The molecule has 0 aliphatic carbocycles. The third-order valence-corrected chi connectivity index (χ3v) is 5.08. The molecule has 0 bridgehead atoms. The molecule has 25 heavy (non-hydrogen) atoms. The van der Waals surface area contributed by atoms with E-state index in [0.717, 1.165) is 16.7 Å². The van der Waals surface area contributed by atoms with Crippen LogP contribution in [0, 0.1) is 0 Å². The summed E-state index contributed by atoms with van der Waals surface area (Å²) in [6.07, 6.45) is 0.412. The average Bonchev–Trinajstić information content (AvgIpc) is 2.54. The van der Waals surface area contributed by atoms with Crippen molar-refractivity contribution in [3.05, 3.63) is 70.3 Å². The first-order chi connectivity index (χ1) is 11.6. The lowest BCUT2D eigenvalue weighted by atomic mass is 9.82. The second kappa shape index (κ2) is 7.72. The van der Waals surface area contributed by atoms with E-state index in [4.69, 9.17) is 0 Å². The van der Waals surface area contributed by atoms with Gasteiger partial charge in [0.25, 0.3) is 0 Å². The second-order valence-corrected chi connectivity index (χ2v) is 8.39. The largest absolute Gasteiger partial charge is 0.239 e. The molecule has 2 aromatic rings. The zero-order valence-electron chi connectivity index (χ0n) is 16.9. The summed E-state index contributed by atoms with van der Waals surface area (Å²) in [5, 5.41) is 0. The minimum Gasteiger partial charge on any atom is -0.239 e. The lowest BCUT2D eigenvalue weighted by Crippen LogP contribution is -2.21. The van der Waals surface area contributed by atoms with E-state index < -0.39 is 5.67 Å². The normalized spacial score (nSPS) is 14.4. The first-order valence-electron chi connectivity index (χ1n) is 9.54. The van der Waals surface area contributed by atoms with E-state index >= 15 is 4.39 Å². The van der Waals surface area contributed by atoms with Crippen LogP contribution in [0.25, 0.3) is 0 Å². The van der Waals surface area contributed by atoms with Gasteiger partial charge in [-0.3, -0.25) is 0 Å². The number of hydrogen-bond acceptors (Lipinski definition) is 0. The molecule has 0 saturated carbocycles. The van der Waals surface area contributed by atoms with Gasteiger partial charge in [0.05, 0.1) is 0 Å². The summed E-state index contributed by atoms with van der Waals surface area (Å²) >= 11 is 0. The highest BCUT2D eigenvalue weighted by Gasteiger charge is 2.29. The van der Waals surface area contributed by atoms with E-state index in [2.05, 4.69) is 65.8 Å². The predicted octanol–water partition coefficient (Wildman–Crippen LogP) is 7.48. The Hall–Kier alpha value is -1.63. The topological polar surface area (TPSA) is 0 Å². The third-order valence-electron chi connectivity index (χ3n) is 5.08. The molecule has 1 heteroatoms. The van der Waals surface area contributed by atoms with Crippen LogP contribution >= 0.6 is 0 Å². The first kappa shape index (κ1) is 19.7. The Kier molecular flexibility index (Phi) is 6.08. The van der Waals surface area contributed by atoms with Gasteiger partial charge in [-0.05, 0) is 52.5 Å². The Morgan fingerprint density at radius 3 is 1.88 bits per heavy atom. The van der Waals surface area contributed by atoms with Crippen molar-refractivity contribution in [3.8, 4) is 0 Å². The summed E-state index contributed by atoms with van der Waals surface area (Å²) in [6, 6.07) is 14.5. The van der Waals surface area contributed by atoms with Gasteiger partial charge < -0.3 is 0 Å². The maximum Gasteiger partial charge on any atom is 0.137 e. The van der Waals surface area contributed by atoms with E-state index in [-0.39, 0.29) is 0 Å². The average molecular weight is 341 g/mol. The van der Waals surface area contributed by atoms with Crippen molar-refractivity contribution in [2.24, 2.45) is 0 Å². The summed E-state index contributed by atoms with van der Waals surface area (Å²) in [5.74, 6) is 1.26. The number of alkyl halides is 1. The van der Waals surface area contributed by atoms with Gasteiger partial charge in [-0.15, -0.1) is 0 Å². The molecule has 0 saturated heterocycles. The molecule has 2 rings (SSSR count). The van der Waals surface area contributed by atoms with Crippen LogP contribution < -0.4 is 0 Å². The highest BCUT2D eigenvalue weighted by molar-refractivity contribution is 5.39. The molecule has 0 aromatic heterocycles. The van der Waals surface area contributed by atoms with E-state index in [1.54, 1.807) is 6.92 Å². The lowest BCUT2D eigenvalue weighted by Gasteiger charge is -2.26. The van der Waals surface area contributed by atoms with Gasteiger partial charge in [-0.25, -0.2) is 4.39 Å². The van der Waals surface area contributed by atoms with Crippen LogP contribution in [0.15, 0.2) is 42.5 Å². The number of hydrogen-bond donors (Lipinski definition) is 0. The van der Waals surface area contributed by atoms with Crippen molar-refractivity contribution in [3.63, 3.8) is 0 Å². The third kappa shape index (κ3) is 4.51. The minimum atomic E-state index is -1.37. The van der Waals surface area contributed by atoms with Gasteiger partial charge >= 0.3 is 0 Å². The Morgan fingerprint density at radius 1 is 0.760 bits per heavy atom. The lowest BCUT2D eigenvalue weighted by molar-refractivity contribution is 0.190. The molecule has 1 atom stereocenters. The quantitative estimate of drug-likeness (QED) is 0.511. The molecule has 0 N–H and O–H groups in total. The SMILES string of the molecule is CC(C)c1ccc(CC(C)(F)c2ccccc2C(C)C)cc1C(C)C. The molecular formula is C24H33F. The monoisotopic (exact) mass is 340 g/mol. The van der Waals surface area contributed by atoms with E-state index in [9.17, 15) is 0 Å². The summed E-state index contributed by atoms with van der Waals surface area (Å²) in [4.78, 5) is 0. The van der Waals surface area contributed by atoms with E-state index in [1.807, 2.05) is 18.2 Å². The van der Waals surface area contributed by atoms with Gasteiger partial charge in [-0.1, -0.05) is 84.0 Å². The molecule has 0 heterocycles. The molecule has 0 amide bonds. The summed E-state index contributed by atoms with van der Waals surface area (Å²) in [5.41, 5.74) is 4.37. The Labute approximate surface area is 153 Å². The summed E-state index contributed by atoms with van der Waals surface area (Å²) < 4.78 is 15.7. The molecule has 1 unspecified atom stereocenters. The Morgan fingerprint density at radius 2 is 1.32 bits per heavy atom. The van der Waals surface area contributed by atoms with Gasteiger partial charge in [0, 0.05) is 6.42 Å². The first-order valence-corrected chi connectivity index (χ1v) is 9.54. The van der Waals surface area contributed by atoms with Gasteiger partial charge in [0.15, 0.2) is 0 Å². The number of benzene rings is 2. The smallest absolute Gasteiger partial charge is 0.137 e. The predicted molar refractivity (Wildman–Crippen MR) is 107 cm³/mol. The molecule has 0 spiro atoms. The molecule has 0 nitrogen and oxygen atoms in total. The standard InChI is InChI=1S/C24H33F/c1-16(2)20-13-12-19(14-22(20)18(5)6)15-24(7,25)23-11-9-8-10-21(23)17(3)4/h8-14,16-18H,15H2,1-7H3. The van der Waals surface area contributed by atoms with Crippen LogP contribution in [0.1, 0.15) is 94.0 Å². The molecular weight excluding hydrogens is 307 g/mol. The van der Waals surface area contributed by atoms with Crippen molar-refractivity contribution >= 4 is 0 Å². The zero-order chi connectivity index (χ0) is 18.8. The fourth-order valence-electron chi connectivity index (χ4n) is 3.71. The van der Waals surface area contributed by atoms with Gasteiger partial charge in [0.1, 0.15) is 5.67 Å².